The van der Waals surface area contributed by atoms with E-state index < -0.39 is 5.92 Å². The summed E-state index contributed by atoms with van der Waals surface area (Å²) in [5, 5.41) is 11.1. The first-order valence-electron chi connectivity index (χ1n) is 16.5. The van der Waals surface area contributed by atoms with Crippen LogP contribution in [0.3, 0.4) is 0 Å². The summed E-state index contributed by atoms with van der Waals surface area (Å²) in [6.45, 7) is 9.35. The van der Waals surface area contributed by atoms with Crippen molar-refractivity contribution < 1.29 is 14.4 Å². The van der Waals surface area contributed by atoms with Crippen molar-refractivity contribution in [1.82, 2.24) is 24.9 Å². The van der Waals surface area contributed by atoms with Crippen LogP contribution in [0.1, 0.15) is 48.8 Å². The number of piperazine rings is 1. The van der Waals surface area contributed by atoms with Crippen LogP contribution in [0.2, 0.25) is 5.02 Å². The molecule has 2 aromatic rings. The Labute approximate surface area is 275 Å². The molecule has 4 aliphatic rings. The van der Waals surface area contributed by atoms with Gasteiger partial charge < -0.3 is 31.1 Å². The number of likely N-dealkylation sites (tertiary alicyclic amines) is 2. The van der Waals surface area contributed by atoms with Crippen molar-refractivity contribution in [3.8, 4) is 0 Å². The van der Waals surface area contributed by atoms with Crippen LogP contribution >= 0.6 is 22.9 Å². The highest BCUT2D eigenvalue weighted by atomic mass is 35.5. The van der Waals surface area contributed by atoms with E-state index in [1.807, 2.05) is 39.1 Å². The number of hydrogen-bond acceptors (Lipinski definition) is 7. The van der Waals surface area contributed by atoms with Gasteiger partial charge in [0.05, 0.1) is 22.3 Å². The Bertz CT molecular complexity index is 1360. The Hall–Kier alpha value is -2.86. The molecule has 4 amide bonds. The van der Waals surface area contributed by atoms with Crippen LogP contribution in [-0.2, 0) is 22.4 Å². The van der Waals surface area contributed by atoms with Crippen molar-refractivity contribution >= 4 is 52.2 Å². The highest BCUT2D eigenvalue weighted by molar-refractivity contribution is 7.08. The van der Waals surface area contributed by atoms with Crippen molar-refractivity contribution in [2.24, 2.45) is 5.92 Å². The number of rotatable bonds is 7. The van der Waals surface area contributed by atoms with Gasteiger partial charge in [0.15, 0.2) is 0 Å². The average molecular weight is 656 g/mol. The third kappa shape index (κ3) is 7.42. The van der Waals surface area contributed by atoms with Crippen LogP contribution in [0.15, 0.2) is 22.9 Å². The molecule has 4 N–H and O–H groups in total. The fraction of sp³-hybridized carbons (Fsp3) is 0.606. The van der Waals surface area contributed by atoms with E-state index in [-0.39, 0.29) is 30.3 Å². The van der Waals surface area contributed by atoms with Gasteiger partial charge in [-0.2, -0.15) is 0 Å². The lowest BCUT2D eigenvalue weighted by atomic mass is 9.91. The smallest absolute Gasteiger partial charge is 0.322 e. The highest BCUT2D eigenvalue weighted by Gasteiger charge is 2.35. The molecule has 0 aliphatic carbocycles. The fourth-order valence-corrected chi connectivity index (χ4v) is 8.62. The number of thiophene rings is 1. The van der Waals surface area contributed by atoms with Gasteiger partial charge in [0.1, 0.15) is 0 Å². The second-order valence-electron chi connectivity index (χ2n) is 13.1. The molecule has 0 spiro atoms. The second kappa shape index (κ2) is 14.3. The summed E-state index contributed by atoms with van der Waals surface area (Å²) < 4.78 is 0. The summed E-state index contributed by atoms with van der Waals surface area (Å²) in [5.41, 5.74) is 10.6. The molecule has 10 nitrogen and oxygen atoms in total. The first-order valence-corrected chi connectivity index (χ1v) is 17.8. The standard InChI is InChI=1S/C33H46ClN7O3S/c1-22-16-23(18-28(34)31(22)35)17-25(32(43)40-11-3-26(4-12-40)38-14-7-36-8-15-38)19-30(42)39-9-5-27(6-10-39)41-13-2-24-20-45-21-29(24)37-33(41)44/h16,18,20-21,25-27,36H,2-15,17,19,35H2,1H3,(H,37,44)/t25-/m0/s1. The summed E-state index contributed by atoms with van der Waals surface area (Å²) in [4.78, 5) is 49.2. The van der Waals surface area contributed by atoms with E-state index in [0.717, 1.165) is 88.2 Å². The Morgan fingerprint density at radius 2 is 1.67 bits per heavy atom. The largest absolute Gasteiger partial charge is 0.397 e. The van der Waals surface area contributed by atoms with Gasteiger partial charge in [-0.15, -0.1) is 11.3 Å². The zero-order valence-electron chi connectivity index (χ0n) is 26.2. The molecule has 244 valence electrons. The number of anilines is 2. The third-order valence-corrected chi connectivity index (χ3v) is 11.3. The van der Waals surface area contributed by atoms with Crippen LogP contribution in [-0.4, -0.2) is 108 Å². The average Bonchev–Trinajstić information content (AvgIpc) is 3.43. The van der Waals surface area contributed by atoms with E-state index >= 15 is 0 Å². The monoisotopic (exact) mass is 655 g/mol. The van der Waals surface area contributed by atoms with Gasteiger partial charge in [0.25, 0.3) is 0 Å². The van der Waals surface area contributed by atoms with E-state index in [0.29, 0.717) is 42.8 Å². The Morgan fingerprint density at radius 1 is 0.978 bits per heavy atom. The zero-order chi connectivity index (χ0) is 31.5. The molecule has 5 heterocycles. The number of aryl methyl sites for hydroxylation is 1. The number of carbonyl (C=O) groups excluding carboxylic acids is 3. The van der Waals surface area contributed by atoms with Crippen molar-refractivity contribution in [3.63, 3.8) is 0 Å². The van der Waals surface area contributed by atoms with Crippen LogP contribution < -0.4 is 16.4 Å². The van der Waals surface area contributed by atoms with Crippen molar-refractivity contribution in [2.45, 2.75) is 64.0 Å². The zero-order valence-corrected chi connectivity index (χ0v) is 27.8. The minimum Gasteiger partial charge on any atom is -0.397 e. The fourth-order valence-electron chi connectivity index (χ4n) is 7.50. The van der Waals surface area contributed by atoms with Crippen LogP contribution in [0.5, 0.6) is 0 Å². The van der Waals surface area contributed by atoms with Crippen molar-refractivity contribution in [1.29, 1.82) is 0 Å². The number of urea groups is 1. The molecule has 4 aliphatic heterocycles. The Kier molecular flexibility index (Phi) is 10.2. The molecule has 0 saturated carbocycles. The van der Waals surface area contributed by atoms with E-state index in [1.54, 1.807) is 11.3 Å². The highest BCUT2D eigenvalue weighted by Crippen LogP contribution is 2.30. The van der Waals surface area contributed by atoms with E-state index in [2.05, 4.69) is 20.9 Å². The van der Waals surface area contributed by atoms with Gasteiger partial charge in [0.2, 0.25) is 11.8 Å². The van der Waals surface area contributed by atoms with Crippen molar-refractivity contribution in [3.05, 3.63) is 44.6 Å². The number of nitrogens with two attached hydrogens (primary N) is 1. The van der Waals surface area contributed by atoms with E-state index in [4.69, 9.17) is 17.3 Å². The summed E-state index contributed by atoms with van der Waals surface area (Å²) in [6, 6.07) is 4.37. The lowest BCUT2D eigenvalue weighted by Gasteiger charge is -2.41. The number of hydrogen-bond donors (Lipinski definition) is 3. The Morgan fingerprint density at radius 3 is 2.38 bits per heavy atom. The predicted molar refractivity (Wildman–Crippen MR) is 180 cm³/mol. The normalized spacial score (nSPS) is 21.3. The summed E-state index contributed by atoms with van der Waals surface area (Å²) >= 11 is 8.04. The molecular formula is C33H46ClN7O3S. The summed E-state index contributed by atoms with van der Waals surface area (Å²) in [6.07, 6.45) is 4.83. The maximum Gasteiger partial charge on any atom is 0.322 e. The van der Waals surface area contributed by atoms with E-state index in [1.165, 1.54) is 5.56 Å². The molecule has 0 unspecified atom stereocenters. The molecular weight excluding hydrogens is 610 g/mol. The molecule has 1 aromatic heterocycles. The number of benzene rings is 1. The lowest BCUT2D eigenvalue weighted by Crippen LogP contribution is -2.53. The number of piperidine rings is 2. The lowest BCUT2D eigenvalue weighted by molar-refractivity contribution is -0.143. The molecule has 12 heteroatoms. The van der Waals surface area contributed by atoms with Crippen LogP contribution in [0, 0.1) is 12.8 Å². The molecule has 0 bridgehead atoms. The Balaban J connectivity index is 1.09. The van der Waals surface area contributed by atoms with Gasteiger partial charge in [-0.25, -0.2) is 4.79 Å². The number of nitrogens with one attached hydrogen (secondary N) is 2. The minimum atomic E-state index is -0.472. The van der Waals surface area contributed by atoms with Gasteiger partial charge in [-0.3, -0.25) is 14.5 Å². The third-order valence-electron chi connectivity index (χ3n) is 10.2. The molecule has 0 radical (unpaired) electrons. The van der Waals surface area contributed by atoms with Gasteiger partial charge >= 0.3 is 6.03 Å². The number of nitrogens with zero attached hydrogens (tertiary/aromatic N) is 4. The number of carbonyl (C=O) groups is 3. The first-order chi connectivity index (χ1) is 21.8. The summed E-state index contributed by atoms with van der Waals surface area (Å²) in [5.74, 6) is -0.417. The maximum absolute atomic E-state index is 14.1. The second-order valence-corrected chi connectivity index (χ2v) is 14.2. The van der Waals surface area contributed by atoms with Gasteiger partial charge in [-0.1, -0.05) is 17.7 Å². The quantitative estimate of drug-likeness (QED) is 0.391. The van der Waals surface area contributed by atoms with Crippen LogP contribution in [0.4, 0.5) is 16.2 Å². The van der Waals surface area contributed by atoms with Gasteiger partial charge in [0, 0.05) is 82.8 Å². The molecule has 45 heavy (non-hydrogen) atoms. The van der Waals surface area contributed by atoms with Crippen LogP contribution in [0.25, 0.3) is 0 Å². The number of halogens is 1. The van der Waals surface area contributed by atoms with Gasteiger partial charge in [-0.05, 0) is 73.6 Å². The molecule has 1 aromatic carbocycles. The molecule has 3 saturated heterocycles. The van der Waals surface area contributed by atoms with E-state index in [9.17, 15) is 14.4 Å². The predicted octanol–water partition coefficient (Wildman–Crippen LogP) is 3.82. The summed E-state index contributed by atoms with van der Waals surface area (Å²) in [7, 11) is 0. The maximum atomic E-state index is 14.1. The molecule has 3 fully saturated rings. The van der Waals surface area contributed by atoms with Crippen molar-refractivity contribution in [2.75, 3.05) is 70.0 Å². The SMILES string of the molecule is Cc1cc(C[C@@H](CC(=O)N2CCC(N3CCc4cscc4NC3=O)CC2)C(=O)N2CCC(N3CCNCC3)CC2)cc(Cl)c1N. The first kappa shape index (κ1) is 32.1. The number of nitrogen functional groups attached to an aromatic ring is 1. The minimum absolute atomic E-state index is 0.00273. The molecule has 1 atom stereocenters. The number of fused-ring (bicyclic) bond motifs is 1. The molecule has 6 rings (SSSR count). The topological polar surface area (TPSA) is 114 Å². The number of amides is 4.